The number of hydrogen-bond acceptors (Lipinski definition) is 2. The van der Waals surface area contributed by atoms with Gasteiger partial charge in [-0.2, -0.15) is 10.2 Å². The fourth-order valence-corrected chi connectivity index (χ4v) is 0.471. The Bertz CT molecular complexity index is 148. The predicted molar refractivity (Wildman–Crippen MR) is 30.2 cm³/mol. The van der Waals surface area contributed by atoms with Crippen molar-refractivity contribution in [3.05, 3.63) is 24.0 Å². The van der Waals surface area contributed by atoms with Crippen LogP contribution in [0.25, 0.3) is 0 Å². The summed E-state index contributed by atoms with van der Waals surface area (Å²) in [4.78, 5) is 0. The molecule has 0 fully saturated rings. The molecule has 0 aliphatic carbocycles. The van der Waals surface area contributed by atoms with E-state index < -0.39 is 0 Å². The van der Waals surface area contributed by atoms with E-state index in [-0.39, 0.29) is 0 Å². The van der Waals surface area contributed by atoms with Gasteiger partial charge in [0.05, 0.1) is 11.9 Å². The van der Waals surface area contributed by atoms with E-state index in [2.05, 4.69) is 16.3 Å². The minimum absolute atomic E-state index is 0.911. The first kappa shape index (κ1) is 5.22. The highest BCUT2D eigenvalue weighted by Crippen LogP contribution is 1.87. The van der Waals surface area contributed by atoms with E-state index in [9.17, 15) is 0 Å². The van der Waals surface area contributed by atoms with Crippen LogP contribution < -0.4 is 0 Å². The summed E-state index contributed by atoms with van der Waals surface area (Å²) in [6, 6.07) is 4.71. The second kappa shape index (κ2) is 2.40. The molecule has 1 aromatic heterocycles. The van der Waals surface area contributed by atoms with Crippen molar-refractivity contribution in [2.45, 2.75) is 13.3 Å². The van der Waals surface area contributed by atoms with E-state index in [1.807, 2.05) is 6.92 Å². The van der Waals surface area contributed by atoms with Gasteiger partial charge < -0.3 is 0 Å². The summed E-state index contributed by atoms with van der Waals surface area (Å²) in [6.45, 7) is 2.03. The van der Waals surface area contributed by atoms with Crippen molar-refractivity contribution in [1.29, 1.82) is 0 Å². The topological polar surface area (TPSA) is 25.8 Å². The van der Waals surface area contributed by atoms with Gasteiger partial charge in [0.25, 0.3) is 0 Å². The predicted octanol–water partition coefficient (Wildman–Crippen LogP) is 0.839. The number of hydrogen-bond donors (Lipinski definition) is 0. The third-order valence-electron chi connectivity index (χ3n) is 0.904. The Morgan fingerprint density at radius 1 is 1.75 bits per heavy atom. The fraction of sp³-hybridized carbons (Fsp3) is 0.333. The lowest BCUT2D eigenvalue weighted by atomic mass is 10.3. The summed E-state index contributed by atoms with van der Waals surface area (Å²) >= 11 is 0. The summed E-state index contributed by atoms with van der Waals surface area (Å²) in [7, 11) is 0. The molecule has 0 unspecified atom stereocenters. The van der Waals surface area contributed by atoms with Gasteiger partial charge in [-0.3, -0.25) is 0 Å². The third kappa shape index (κ3) is 1.03. The molecule has 41 valence electrons. The first-order valence-electron chi connectivity index (χ1n) is 2.61. The Morgan fingerprint density at radius 3 is 3.00 bits per heavy atom. The van der Waals surface area contributed by atoms with Gasteiger partial charge in [-0.15, -0.1) is 0 Å². The molecule has 0 amide bonds. The minimum atomic E-state index is 0.911. The van der Waals surface area contributed by atoms with Gasteiger partial charge in [-0.1, -0.05) is 6.92 Å². The van der Waals surface area contributed by atoms with Crippen molar-refractivity contribution in [2.24, 2.45) is 0 Å². The van der Waals surface area contributed by atoms with Crippen LogP contribution in [0.2, 0.25) is 0 Å². The zero-order valence-corrected chi connectivity index (χ0v) is 4.76. The molecule has 0 saturated heterocycles. The number of rotatable bonds is 1. The van der Waals surface area contributed by atoms with Crippen molar-refractivity contribution in [3.8, 4) is 0 Å². The molecule has 1 aromatic rings. The van der Waals surface area contributed by atoms with E-state index in [4.69, 9.17) is 0 Å². The summed E-state index contributed by atoms with van der Waals surface area (Å²) < 4.78 is 0. The summed E-state index contributed by atoms with van der Waals surface area (Å²) in [5, 5.41) is 7.47. The van der Waals surface area contributed by atoms with Gasteiger partial charge >= 0.3 is 0 Å². The first-order chi connectivity index (χ1) is 3.93. The summed E-state index contributed by atoms with van der Waals surface area (Å²) in [6.07, 6.45) is 2.53. The largest absolute Gasteiger partial charge is 0.159 e. The van der Waals surface area contributed by atoms with Gasteiger partial charge in [0, 0.05) is 6.07 Å². The molecule has 0 saturated carbocycles. The molecular weight excluding hydrogens is 100 g/mol. The maximum Gasteiger partial charge on any atom is 0.0707 e. The van der Waals surface area contributed by atoms with Crippen molar-refractivity contribution in [2.75, 3.05) is 0 Å². The lowest BCUT2D eigenvalue weighted by molar-refractivity contribution is 0.916. The highest BCUT2D eigenvalue weighted by atomic mass is 15.1. The lowest BCUT2D eigenvalue weighted by Crippen LogP contribution is -1.86. The fourth-order valence-electron chi connectivity index (χ4n) is 0.471. The lowest BCUT2D eigenvalue weighted by Gasteiger charge is -1.86. The van der Waals surface area contributed by atoms with Gasteiger partial charge in [-0.05, 0) is 12.5 Å². The van der Waals surface area contributed by atoms with E-state index in [1.165, 1.54) is 0 Å². The number of aromatic nitrogens is 2. The van der Waals surface area contributed by atoms with Gasteiger partial charge in [-0.25, -0.2) is 0 Å². The molecule has 0 atom stereocenters. The average Bonchev–Trinajstić information content (AvgIpc) is 1.90. The van der Waals surface area contributed by atoms with Crippen LogP contribution in [-0.2, 0) is 6.42 Å². The van der Waals surface area contributed by atoms with Crippen LogP contribution in [0.3, 0.4) is 0 Å². The molecule has 0 aromatic carbocycles. The monoisotopic (exact) mass is 107 g/mol. The molecule has 0 spiro atoms. The SMILES string of the molecule is CCc1[c]ccnn1. The second-order valence-electron chi connectivity index (χ2n) is 1.48. The summed E-state index contributed by atoms with van der Waals surface area (Å²) in [5.41, 5.74) is 0.924. The zero-order chi connectivity index (χ0) is 5.82. The average molecular weight is 107 g/mol. The molecule has 2 nitrogen and oxygen atoms in total. The van der Waals surface area contributed by atoms with E-state index in [0.717, 1.165) is 12.1 Å². The van der Waals surface area contributed by atoms with Crippen molar-refractivity contribution < 1.29 is 0 Å². The normalized spacial score (nSPS) is 9.12. The van der Waals surface area contributed by atoms with Crippen LogP contribution in [-0.4, -0.2) is 10.2 Å². The third-order valence-corrected chi connectivity index (χ3v) is 0.904. The Balaban J connectivity index is 2.83. The van der Waals surface area contributed by atoms with Crippen LogP contribution in [0.4, 0.5) is 0 Å². The molecule has 8 heavy (non-hydrogen) atoms. The Morgan fingerprint density at radius 2 is 2.62 bits per heavy atom. The number of nitrogens with zero attached hydrogens (tertiary/aromatic N) is 2. The standard InChI is InChI=1S/C6H7N2/c1-2-6-4-3-5-7-8-6/h3,5H,2H2,1H3. The molecule has 0 aliphatic heterocycles. The minimum Gasteiger partial charge on any atom is -0.159 e. The van der Waals surface area contributed by atoms with Gasteiger partial charge in [0.15, 0.2) is 0 Å². The van der Waals surface area contributed by atoms with Crippen molar-refractivity contribution in [1.82, 2.24) is 10.2 Å². The van der Waals surface area contributed by atoms with Crippen LogP contribution in [0.5, 0.6) is 0 Å². The molecule has 1 radical (unpaired) electrons. The van der Waals surface area contributed by atoms with E-state index >= 15 is 0 Å². The van der Waals surface area contributed by atoms with Crippen LogP contribution in [0, 0.1) is 6.07 Å². The first-order valence-corrected chi connectivity index (χ1v) is 2.61. The molecular formula is C6H7N2. The highest BCUT2D eigenvalue weighted by Gasteiger charge is 1.84. The molecule has 0 aliphatic rings. The Kier molecular flexibility index (Phi) is 1.57. The molecule has 0 N–H and O–H groups in total. The van der Waals surface area contributed by atoms with Gasteiger partial charge in [0.2, 0.25) is 0 Å². The Hall–Kier alpha value is -0.920. The van der Waals surface area contributed by atoms with Crippen LogP contribution in [0.15, 0.2) is 12.3 Å². The van der Waals surface area contributed by atoms with E-state index in [1.54, 1.807) is 12.3 Å². The van der Waals surface area contributed by atoms with Crippen molar-refractivity contribution in [3.63, 3.8) is 0 Å². The number of aryl methyl sites for hydroxylation is 1. The quantitative estimate of drug-likeness (QED) is 0.531. The molecule has 2 heteroatoms. The second-order valence-corrected chi connectivity index (χ2v) is 1.48. The maximum atomic E-state index is 3.79. The van der Waals surface area contributed by atoms with Crippen molar-refractivity contribution >= 4 is 0 Å². The Labute approximate surface area is 48.6 Å². The van der Waals surface area contributed by atoms with E-state index in [0.29, 0.717) is 0 Å². The zero-order valence-electron chi connectivity index (χ0n) is 4.76. The summed E-state index contributed by atoms with van der Waals surface area (Å²) in [5.74, 6) is 0. The smallest absolute Gasteiger partial charge is 0.0707 e. The maximum absolute atomic E-state index is 3.79. The molecule has 1 heterocycles. The van der Waals surface area contributed by atoms with Crippen LogP contribution in [0.1, 0.15) is 12.6 Å². The van der Waals surface area contributed by atoms with Gasteiger partial charge in [0.1, 0.15) is 0 Å². The highest BCUT2D eigenvalue weighted by molar-refractivity contribution is 4.95. The molecule has 0 bridgehead atoms. The molecule has 1 rings (SSSR count). The van der Waals surface area contributed by atoms with Crippen LogP contribution >= 0.6 is 0 Å².